The number of aliphatic carboxylic acids is 1. The minimum absolute atomic E-state index is 0.180. The second kappa shape index (κ2) is 7.64. The maximum atomic E-state index is 12.1. The molecule has 0 spiro atoms. The molecule has 1 heterocycles. The van der Waals surface area contributed by atoms with Gasteiger partial charge < -0.3 is 20.2 Å². The van der Waals surface area contributed by atoms with Gasteiger partial charge in [-0.1, -0.05) is 13.8 Å². The smallest absolute Gasteiger partial charge is 0.317 e. The Labute approximate surface area is 127 Å². The standard InChI is InChI=1S/C15H29N3O3/c1-5-15(6-2,13(19)20)11-16-14(21)18(4)10-12-8-7-9-17(12)3/h12H,5-11H2,1-4H3,(H,16,21)(H,19,20). The molecule has 0 saturated carbocycles. The van der Waals surface area contributed by atoms with E-state index in [4.69, 9.17) is 0 Å². The Bertz CT molecular complexity index is 369. The Morgan fingerprint density at radius 1 is 1.38 bits per heavy atom. The maximum absolute atomic E-state index is 12.1. The van der Waals surface area contributed by atoms with Gasteiger partial charge in [0, 0.05) is 26.2 Å². The van der Waals surface area contributed by atoms with Gasteiger partial charge in [-0.25, -0.2) is 4.79 Å². The monoisotopic (exact) mass is 299 g/mol. The summed E-state index contributed by atoms with van der Waals surface area (Å²) in [4.78, 5) is 27.5. The number of amides is 2. The summed E-state index contributed by atoms with van der Waals surface area (Å²) in [6.45, 7) is 5.63. The summed E-state index contributed by atoms with van der Waals surface area (Å²) in [5.41, 5.74) is -0.860. The number of nitrogens with zero attached hydrogens (tertiary/aromatic N) is 2. The van der Waals surface area contributed by atoms with Crippen LogP contribution in [0.25, 0.3) is 0 Å². The third-order valence-corrected chi connectivity index (χ3v) is 4.89. The second-order valence-corrected chi connectivity index (χ2v) is 6.11. The van der Waals surface area contributed by atoms with Crippen molar-refractivity contribution in [3.8, 4) is 0 Å². The summed E-state index contributed by atoms with van der Waals surface area (Å²) in [7, 11) is 3.84. The molecule has 122 valence electrons. The molecule has 0 radical (unpaired) electrons. The van der Waals surface area contributed by atoms with Gasteiger partial charge in [-0.3, -0.25) is 4.79 Å². The first-order chi connectivity index (χ1) is 9.86. The number of carbonyl (C=O) groups is 2. The summed E-state index contributed by atoms with van der Waals surface area (Å²) >= 11 is 0. The molecule has 6 heteroatoms. The molecule has 1 aliphatic heterocycles. The van der Waals surface area contributed by atoms with E-state index in [0.29, 0.717) is 25.4 Å². The fourth-order valence-corrected chi connectivity index (χ4v) is 2.87. The Hall–Kier alpha value is -1.30. The molecule has 0 aliphatic carbocycles. The zero-order chi connectivity index (χ0) is 16.0. The fraction of sp³-hybridized carbons (Fsp3) is 0.867. The minimum Gasteiger partial charge on any atom is -0.481 e. The molecule has 1 fully saturated rings. The van der Waals surface area contributed by atoms with E-state index in [0.717, 1.165) is 13.0 Å². The van der Waals surface area contributed by atoms with Crippen molar-refractivity contribution in [3.05, 3.63) is 0 Å². The summed E-state index contributed by atoms with van der Waals surface area (Å²) in [5.74, 6) is -0.842. The van der Waals surface area contributed by atoms with Crippen LogP contribution in [0.15, 0.2) is 0 Å². The van der Waals surface area contributed by atoms with Crippen LogP contribution in [0.4, 0.5) is 4.79 Å². The molecule has 1 saturated heterocycles. The predicted octanol–water partition coefficient (Wildman–Crippen LogP) is 1.61. The number of carbonyl (C=O) groups excluding carboxylic acids is 1. The van der Waals surface area contributed by atoms with E-state index in [1.165, 1.54) is 6.42 Å². The number of hydrogen-bond acceptors (Lipinski definition) is 3. The molecule has 1 unspecified atom stereocenters. The van der Waals surface area contributed by atoms with Crippen LogP contribution in [0.3, 0.4) is 0 Å². The zero-order valence-electron chi connectivity index (χ0n) is 13.7. The molecule has 1 atom stereocenters. The fourth-order valence-electron chi connectivity index (χ4n) is 2.87. The highest BCUT2D eigenvalue weighted by Gasteiger charge is 2.35. The number of urea groups is 1. The molecule has 1 aliphatic rings. The summed E-state index contributed by atoms with van der Waals surface area (Å²) in [6, 6.07) is 0.213. The lowest BCUT2D eigenvalue weighted by Gasteiger charge is -2.30. The molecule has 0 aromatic rings. The highest BCUT2D eigenvalue weighted by atomic mass is 16.4. The van der Waals surface area contributed by atoms with Gasteiger partial charge in [-0.2, -0.15) is 0 Å². The van der Waals surface area contributed by atoms with E-state index in [2.05, 4.69) is 17.3 Å². The predicted molar refractivity (Wildman–Crippen MR) is 82.3 cm³/mol. The van der Waals surface area contributed by atoms with Crippen molar-refractivity contribution >= 4 is 12.0 Å². The van der Waals surface area contributed by atoms with Gasteiger partial charge in [0.1, 0.15) is 0 Å². The van der Waals surface area contributed by atoms with Crippen molar-refractivity contribution < 1.29 is 14.7 Å². The number of likely N-dealkylation sites (N-methyl/N-ethyl adjacent to an activating group) is 2. The highest BCUT2D eigenvalue weighted by molar-refractivity contribution is 5.78. The molecule has 6 nitrogen and oxygen atoms in total. The van der Waals surface area contributed by atoms with Gasteiger partial charge in [0.25, 0.3) is 0 Å². The van der Waals surface area contributed by atoms with Gasteiger partial charge in [-0.05, 0) is 39.3 Å². The van der Waals surface area contributed by atoms with Crippen molar-refractivity contribution in [2.75, 3.05) is 33.7 Å². The van der Waals surface area contributed by atoms with Crippen LogP contribution < -0.4 is 5.32 Å². The third-order valence-electron chi connectivity index (χ3n) is 4.89. The minimum atomic E-state index is -0.860. The quantitative estimate of drug-likeness (QED) is 0.749. The number of carboxylic acids is 1. The highest BCUT2D eigenvalue weighted by Crippen LogP contribution is 2.25. The Morgan fingerprint density at radius 2 is 2.00 bits per heavy atom. The second-order valence-electron chi connectivity index (χ2n) is 6.11. The Balaban J connectivity index is 2.50. The average molecular weight is 299 g/mol. The molecule has 0 bridgehead atoms. The van der Waals surface area contributed by atoms with Crippen molar-refractivity contribution in [1.82, 2.24) is 15.1 Å². The molecule has 0 aromatic heterocycles. The molecule has 2 N–H and O–H groups in total. The lowest BCUT2D eigenvalue weighted by Crippen LogP contribution is -2.48. The lowest BCUT2D eigenvalue weighted by atomic mass is 9.82. The van der Waals surface area contributed by atoms with E-state index in [1.54, 1.807) is 11.9 Å². The zero-order valence-corrected chi connectivity index (χ0v) is 13.7. The molecular formula is C15H29N3O3. The van der Waals surface area contributed by atoms with Crippen LogP contribution in [-0.2, 0) is 4.79 Å². The third kappa shape index (κ3) is 4.33. The van der Waals surface area contributed by atoms with Crippen molar-refractivity contribution in [3.63, 3.8) is 0 Å². The van der Waals surface area contributed by atoms with Crippen LogP contribution in [0.1, 0.15) is 39.5 Å². The normalized spacial score (nSPS) is 19.5. The van der Waals surface area contributed by atoms with Crippen molar-refractivity contribution in [2.45, 2.75) is 45.6 Å². The first-order valence-electron chi connectivity index (χ1n) is 7.79. The van der Waals surface area contributed by atoms with E-state index < -0.39 is 11.4 Å². The van der Waals surface area contributed by atoms with Crippen molar-refractivity contribution in [1.29, 1.82) is 0 Å². The van der Waals surface area contributed by atoms with Gasteiger partial charge in [0.2, 0.25) is 0 Å². The molecular weight excluding hydrogens is 270 g/mol. The van der Waals surface area contributed by atoms with Crippen LogP contribution >= 0.6 is 0 Å². The van der Waals surface area contributed by atoms with Crippen LogP contribution in [-0.4, -0.2) is 66.7 Å². The van der Waals surface area contributed by atoms with Gasteiger partial charge >= 0.3 is 12.0 Å². The molecule has 0 aromatic carbocycles. The molecule has 2 amide bonds. The number of hydrogen-bond donors (Lipinski definition) is 2. The van der Waals surface area contributed by atoms with Crippen LogP contribution in [0.5, 0.6) is 0 Å². The van der Waals surface area contributed by atoms with E-state index in [-0.39, 0.29) is 12.6 Å². The lowest BCUT2D eigenvalue weighted by molar-refractivity contribution is -0.149. The largest absolute Gasteiger partial charge is 0.481 e. The van der Waals surface area contributed by atoms with E-state index in [1.807, 2.05) is 13.8 Å². The SMILES string of the molecule is CCC(CC)(CNC(=O)N(C)CC1CCCN1C)C(=O)O. The summed E-state index contributed by atoms with van der Waals surface area (Å²) in [5, 5.41) is 12.2. The van der Waals surface area contributed by atoms with Gasteiger partial charge in [-0.15, -0.1) is 0 Å². The van der Waals surface area contributed by atoms with E-state index >= 15 is 0 Å². The topological polar surface area (TPSA) is 72.9 Å². The summed E-state index contributed by atoms with van der Waals surface area (Å²) < 4.78 is 0. The van der Waals surface area contributed by atoms with Gasteiger partial charge in [0.15, 0.2) is 0 Å². The van der Waals surface area contributed by atoms with Gasteiger partial charge in [0.05, 0.1) is 5.41 Å². The number of rotatable bonds is 7. The van der Waals surface area contributed by atoms with Crippen molar-refractivity contribution in [2.24, 2.45) is 5.41 Å². The maximum Gasteiger partial charge on any atom is 0.317 e. The van der Waals surface area contributed by atoms with E-state index in [9.17, 15) is 14.7 Å². The Kier molecular flexibility index (Phi) is 6.45. The first-order valence-corrected chi connectivity index (χ1v) is 7.79. The number of likely N-dealkylation sites (tertiary alicyclic amines) is 1. The molecule has 21 heavy (non-hydrogen) atoms. The Morgan fingerprint density at radius 3 is 2.43 bits per heavy atom. The average Bonchev–Trinajstić information content (AvgIpc) is 2.85. The van der Waals surface area contributed by atoms with Crippen LogP contribution in [0, 0.1) is 5.41 Å². The first kappa shape index (κ1) is 17.8. The number of nitrogens with one attached hydrogen (secondary N) is 1. The van der Waals surface area contributed by atoms with Crippen LogP contribution in [0.2, 0.25) is 0 Å². The molecule has 1 rings (SSSR count). The number of carboxylic acid groups (broad SMARTS) is 1. The summed E-state index contributed by atoms with van der Waals surface area (Å²) in [6.07, 6.45) is 3.30.